The van der Waals surface area contributed by atoms with Gasteiger partial charge in [0.05, 0.1) is 41.3 Å². The molecule has 0 amide bonds. The van der Waals surface area contributed by atoms with Gasteiger partial charge in [0.15, 0.2) is 9.84 Å². The Morgan fingerprint density at radius 1 is 1.24 bits per heavy atom. The number of nitrogens with zero attached hydrogens (tertiary/aromatic N) is 3. The summed E-state index contributed by atoms with van der Waals surface area (Å²) in [5.74, 6) is -0.0296. The van der Waals surface area contributed by atoms with Gasteiger partial charge in [0.2, 0.25) is 0 Å². The Balaban J connectivity index is 1.68. The van der Waals surface area contributed by atoms with Crippen LogP contribution in [0.2, 0.25) is 0 Å². The molecule has 154 valence electrons. The first kappa shape index (κ1) is 18.8. The topological polar surface area (TPSA) is 76.5 Å². The fourth-order valence-corrected chi connectivity index (χ4v) is 6.21. The van der Waals surface area contributed by atoms with Crippen molar-refractivity contribution in [3.63, 3.8) is 0 Å². The molecule has 3 aliphatic rings. The van der Waals surface area contributed by atoms with Crippen molar-refractivity contribution < 1.29 is 13.2 Å². The molecule has 1 aromatic carbocycles. The number of sulfone groups is 1. The molecule has 0 aliphatic carbocycles. The molecule has 8 heteroatoms. The van der Waals surface area contributed by atoms with Crippen molar-refractivity contribution >= 4 is 15.5 Å². The molecule has 0 bridgehead atoms. The van der Waals surface area contributed by atoms with Gasteiger partial charge in [-0.15, -0.1) is 0 Å². The summed E-state index contributed by atoms with van der Waals surface area (Å²) in [5, 5.41) is 8.44. The Morgan fingerprint density at radius 3 is 2.79 bits per heavy atom. The summed E-state index contributed by atoms with van der Waals surface area (Å²) < 4.78 is 33.7. The molecule has 1 N–H and O–H groups in total. The Morgan fingerprint density at radius 2 is 2.03 bits per heavy atom. The predicted octanol–water partition coefficient (Wildman–Crippen LogP) is 2.06. The molecule has 1 aromatic heterocycles. The summed E-state index contributed by atoms with van der Waals surface area (Å²) in [6.07, 6.45) is 2.11. The Labute approximate surface area is 171 Å². The number of nitrogens with one attached hydrogen (secondary N) is 1. The molecule has 1 atom stereocenters. The fourth-order valence-electron chi connectivity index (χ4n) is 4.61. The zero-order chi connectivity index (χ0) is 20.0. The maximum absolute atomic E-state index is 13.1. The fraction of sp³-hybridized carbons (Fsp3) is 0.476. The van der Waals surface area contributed by atoms with Crippen LogP contribution in [0.3, 0.4) is 0 Å². The predicted molar refractivity (Wildman–Crippen MR) is 111 cm³/mol. The average molecular weight is 415 g/mol. The third kappa shape index (κ3) is 3.19. The van der Waals surface area contributed by atoms with E-state index in [9.17, 15) is 8.42 Å². The second kappa shape index (κ2) is 7.27. The Kier molecular flexibility index (Phi) is 4.72. The molecule has 7 nitrogen and oxygen atoms in total. The van der Waals surface area contributed by atoms with E-state index in [1.807, 2.05) is 12.1 Å². The van der Waals surface area contributed by atoms with Gasteiger partial charge >= 0.3 is 0 Å². The van der Waals surface area contributed by atoms with Crippen LogP contribution >= 0.6 is 0 Å². The van der Waals surface area contributed by atoms with Crippen molar-refractivity contribution in [1.29, 1.82) is 0 Å². The minimum Gasteiger partial charge on any atom is -0.378 e. The highest BCUT2D eigenvalue weighted by molar-refractivity contribution is 7.90. The third-order valence-electron chi connectivity index (χ3n) is 6.10. The summed E-state index contributed by atoms with van der Waals surface area (Å²) in [5.41, 5.74) is 3.99. The second-order valence-corrected chi connectivity index (χ2v) is 9.88. The first-order chi connectivity index (χ1) is 14.1. The standard InChI is InChI=1S/C21H26N4O3S/c1-15(24-9-11-28-12-10-24)20-18-14-29(26,27)19-7-3-2-6-17(19)21(18)25(23-20)16-5-4-8-22-13-16/h2-3,6-7,16,22H,1,4-5,8-14H2. The lowest BCUT2D eigenvalue weighted by Gasteiger charge is -2.30. The van der Waals surface area contributed by atoms with Gasteiger partial charge in [-0.05, 0) is 25.5 Å². The van der Waals surface area contributed by atoms with Gasteiger partial charge in [0.1, 0.15) is 5.69 Å². The lowest BCUT2D eigenvalue weighted by atomic mass is 10.0. The van der Waals surface area contributed by atoms with E-state index in [1.165, 1.54) is 0 Å². The van der Waals surface area contributed by atoms with E-state index in [4.69, 9.17) is 9.84 Å². The lowest BCUT2D eigenvalue weighted by molar-refractivity contribution is 0.0639. The number of hydrogen-bond acceptors (Lipinski definition) is 6. The number of ether oxygens (including phenoxy) is 1. The first-order valence-electron chi connectivity index (χ1n) is 10.2. The van der Waals surface area contributed by atoms with Crippen molar-refractivity contribution in [3.05, 3.63) is 42.1 Å². The summed E-state index contributed by atoms with van der Waals surface area (Å²) >= 11 is 0. The Hall–Kier alpha value is -2.16. The number of aromatic nitrogens is 2. The van der Waals surface area contributed by atoms with Crippen LogP contribution < -0.4 is 5.32 Å². The number of benzene rings is 1. The van der Waals surface area contributed by atoms with Crippen molar-refractivity contribution in [2.24, 2.45) is 0 Å². The van der Waals surface area contributed by atoms with Crippen molar-refractivity contribution in [2.75, 3.05) is 39.4 Å². The van der Waals surface area contributed by atoms with Gasteiger partial charge < -0.3 is 15.0 Å². The minimum atomic E-state index is -3.41. The normalized spacial score (nSPS) is 23.3. The zero-order valence-corrected chi connectivity index (χ0v) is 17.2. The highest BCUT2D eigenvalue weighted by Gasteiger charge is 2.36. The number of piperidine rings is 1. The lowest BCUT2D eigenvalue weighted by Crippen LogP contribution is -2.35. The SMILES string of the molecule is C=C(c1nn(C2CCCNC2)c2c1CS(=O)(=O)c1ccccc1-2)N1CCOCC1. The quantitative estimate of drug-likeness (QED) is 0.829. The van der Waals surface area contributed by atoms with Gasteiger partial charge in [0, 0.05) is 30.8 Å². The molecular formula is C21H26N4O3S. The molecule has 2 fully saturated rings. The Bertz CT molecular complexity index is 1050. The van der Waals surface area contributed by atoms with E-state index in [0.717, 1.165) is 61.5 Å². The van der Waals surface area contributed by atoms with Crippen LogP contribution in [0.25, 0.3) is 17.0 Å². The van der Waals surface area contributed by atoms with Crippen molar-refractivity contribution in [1.82, 2.24) is 20.0 Å². The largest absolute Gasteiger partial charge is 0.378 e. The van der Waals surface area contributed by atoms with Crippen LogP contribution in [-0.2, 0) is 20.3 Å². The zero-order valence-electron chi connectivity index (χ0n) is 16.4. The summed E-state index contributed by atoms with van der Waals surface area (Å²) in [6.45, 7) is 8.94. The van der Waals surface area contributed by atoms with Crippen LogP contribution in [0.4, 0.5) is 0 Å². The molecule has 0 spiro atoms. The maximum Gasteiger partial charge on any atom is 0.183 e. The summed E-state index contributed by atoms with van der Waals surface area (Å²) in [4.78, 5) is 2.56. The van der Waals surface area contributed by atoms with Crippen molar-refractivity contribution in [2.45, 2.75) is 29.5 Å². The van der Waals surface area contributed by atoms with Gasteiger partial charge in [-0.1, -0.05) is 24.8 Å². The molecular weight excluding hydrogens is 388 g/mol. The molecule has 0 radical (unpaired) electrons. The highest BCUT2D eigenvalue weighted by Crippen LogP contribution is 2.42. The van der Waals surface area contributed by atoms with E-state index >= 15 is 0 Å². The summed E-state index contributed by atoms with van der Waals surface area (Å²) in [7, 11) is -3.41. The highest BCUT2D eigenvalue weighted by atomic mass is 32.2. The number of fused-ring (bicyclic) bond motifs is 3. The van der Waals surface area contributed by atoms with E-state index in [1.54, 1.807) is 12.1 Å². The molecule has 0 saturated carbocycles. The van der Waals surface area contributed by atoms with Crippen molar-refractivity contribution in [3.8, 4) is 11.3 Å². The van der Waals surface area contributed by atoms with Crippen LogP contribution in [0.5, 0.6) is 0 Å². The minimum absolute atomic E-state index is 0.0296. The number of hydrogen-bond donors (Lipinski definition) is 1. The van der Waals surface area contributed by atoms with E-state index < -0.39 is 9.84 Å². The van der Waals surface area contributed by atoms with Gasteiger partial charge in [-0.2, -0.15) is 5.10 Å². The third-order valence-corrected chi connectivity index (χ3v) is 7.80. The van der Waals surface area contributed by atoms with Crippen LogP contribution in [0.15, 0.2) is 35.7 Å². The number of morpholine rings is 1. The maximum atomic E-state index is 13.1. The molecule has 29 heavy (non-hydrogen) atoms. The van der Waals surface area contributed by atoms with E-state index in [0.29, 0.717) is 23.8 Å². The van der Waals surface area contributed by atoms with Crippen LogP contribution in [-0.4, -0.2) is 62.5 Å². The number of rotatable bonds is 3. The monoisotopic (exact) mass is 414 g/mol. The molecule has 4 heterocycles. The van der Waals surface area contributed by atoms with Crippen LogP contribution in [0.1, 0.15) is 30.1 Å². The summed E-state index contributed by atoms with van der Waals surface area (Å²) in [6, 6.07) is 7.51. The molecule has 2 aromatic rings. The van der Waals surface area contributed by atoms with Gasteiger partial charge in [-0.25, -0.2) is 8.42 Å². The molecule has 5 rings (SSSR count). The van der Waals surface area contributed by atoms with Gasteiger partial charge in [-0.3, -0.25) is 4.68 Å². The second-order valence-electron chi connectivity index (χ2n) is 7.92. The van der Waals surface area contributed by atoms with Gasteiger partial charge in [0.25, 0.3) is 0 Å². The smallest absolute Gasteiger partial charge is 0.183 e. The van der Waals surface area contributed by atoms with E-state index in [-0.39, 0.29) is 11.8 Å². The molecule has 2 saturated heterocycles. The van der Waals surface area contributed by atoms with Crippen LogP contribution in [0, 0.1) is 0 Å². The molecule has 3 aliphatic heterocycles. The average Bonchev–Trinajstić information content (AvgIpc) is 3.13. The molecule has 1 unspecified atom stereocenters. The first-order valence-corrected chi connectivity index (χ1v) is 11.9. The van der Waals surface area contributed by atoms with E-state index in [2.05, 4.69) is 21.5 Å².